The number of aromatic amines is 1. The second-order valence-electron chi connectivity index (χ2n) is 7.24. The number of aromatic nitrogens is 5. The topological polar surface area (TPSA) is 88.5 Å². The van der Waals surface area contributed by atoms with Crippen LogP contribution in [0.25, 0.3) is 11.1 Å². The van der Waals surface area contributed by atoms with E-state index in [1.54, 1.807) is 16.9 Å². The fourth-order valence-electron chi connectivity index (χ4n) is 3.89. The first-order valence-corrected chi connectivity index (χ1v) is 9.42. The number of hydrogen-bond donors (Lipinski definition) is 2. The van der Waals surface area contributed by atoms with Crippen LogP contribution in [0.2, 0.25) is 0 Å². The Balaban J connectivity index is 1.32. The van der Waals surface area contributed by atoms with E-state index in [1.807, 2.05) is 37.8 Å². The minimum Gasteiger partial charge on any atom is -0.350 e. The quantitative estimate of drug-likeness (QED) is 0.728. The van der Waals surface area contributed by atoms with Crippen molar-refractivity contribution in [2.75, 3.05) is 6.54 Å². The molecule has 0 bridgehead atoms. The molecule has 3 heterocycles. The van der Waals surface area contributed by atoms with E-state index >= 15 is 0 Å². The SMILES string of the molecule is Cn1ccc(C(=O)NCC2CCC(c3[nH]ncc3-c3ccncc3)CC2)n1. The van der Waals surface area contributed by atoms with E-state index in [0.29, 0.717) is 24.1 Å². The molecule has 0 aromatic carbocycles. The maximum absolute atomic E-state index is 12.1. The van der Waals surface area contributed by atoms with Crippen LogP contribution in [0.5, 0.6) is 0 Å². The van der Waals surface area contributed by atoms with Crippen LogP contribution in [0, 0.1) is 5.92 Å². The number of aryl methyl sites for hydroxylation is 1. The van der Waals surface area contributed by atoms with Gasteiger partial charge in [0.15, 0.2) is 0 Å². The predicted molar refractivity (Wildman–Crippen MR) is 102 cm³/mol. The Morgan fingerprint density at radius 1 is 1.22 bits per heavy atom. The molecule has 1 aliphatic rings. The molecular weight excluding hydrogens is 340 g/mol. The van der Waals surface area contributed by atoms with Gasteiger partial charge in [-0.3, -0.25) is 19.6 Å². The first-order chi connectivity index (χ1) is 13.2. The zero-order valence-electron chi connectivity index (χ0n) is 15.4. The molecule has 27 heavy (non-hydrogen) atoms. The molecule has 1 amide bonds. The second-order valence-corrected chi connectivity index (χ2v) is 7.24. The average Bonchev–Trinajstić information content (AvgIpc) is 3.36. The minimum absolute atomic E-state index is 0.0914. The fourth-order valence-corrected chi connectivity index (χ4v) is 3.89. The lowest BCUT2D eigenvalue weighted by molar-refractivity contribution is 0.0937. The van der Waals surface area contributed by atoms with Crippen LogP contribution < -0.4 is 5.32 Å². The zero-order chi connectivity index (χ0) is 18.6. The number of pyridine rings is 1. The Bertz CT molecular complexity index is 892. The Kier molecular flexibility index (Phi) is 5.00. The van der Waals surface area contributed by atoms with Crippen molar-refractivity contribution in [2.45, 2.75) is 31.6 Å². The highest BCUT2D eigenvalue weighted by molar-refractivity contribution is 5.92. The average molecular weight is 364 g/mol. The first-order valence-electron chi connectivity index (χ1n) is 9.42. The second kappa shape index (κ2) is 7.73. The highest BCUT2D eigenvalue weighted by atomic mass is 16.1. The van der Waals surface area contributed by atoms with E-state index in [-0.39, 0.29) is 5.91 Å². The van der Waals surface area contributed by atoms with Crippen LogP contribution in [-0.2, 0) is 7.05 Å². The zero-order valence-corrected chi connectivity index (χ0v) is 15.4. The van der Waals surface area contributed by atoms with Crippen molar-refractivity contribution in [1.29, 1.82) is 0 Å². The van der Waals surface area contributed by atoms with Crippen molar-refractivity contribution in [3.8, 4) is 11.1 Å². The van der Waals surface area contributed by atoms with Gasteiger partial charge in [0.1, 0.15) is 5.69 Å². The standard InChI is InChI=1S/C20H24N6O/c1-26-11-8-18(25-26)20(27)22-12-14-2-4-16(5-3-14)19-17(13-23-24-19)15-6-9-21-10-7-15/h6-11,13-14,16H,2-5,12H2,1H3,(H,22,27)(H,23,24). The molecule has 0 spiro atoms. The van der Waals surface area contributed by atoms with Gasteiger partial charge in [-0.2, -0.15) is 10.2 Å². The monoisotopic (exact) mass is 364 g/mol. The Labute approximate surface area is 158 Å². The number of nitrogens with one attached hydrogen (secondary N) is 2. The van der Waals surface area contributed by atoms with Gasteiger partial charge in [-0.1, -0.05) is 0 Å². The molecule has 0 radical (unpaired) electrons. The molecule has 1 aliphatic carbocycles. The maximum Gasteiger partial charge on any atom is 0.271 e. The summed E-state index contributed by atoms with van der Waals surface area (Å²) in [5.74, 6) is 0.908. The molecule has 3 aromatic heterocycles. The van der Waals surface area contributed by atoms with Gasteiger partial charge >= 0.3 is 0 Å². The Hall–Kier alpha value is -2.96. The summed E-state index contributed by atoms with van der Waals surface area (Å²) in [5.41, 5.74) is 4.02. The molecule has 140 valence electrons. The summed E-state index contributed by atoms with van der Waals surface area (Å²) < 4.78 is 1.64. The summed E-state index contributed by atoms with van der Waals surface area (Å²) in [6.45, 7) is 0.711. The van der Waals surface area contributed by atoms with Gasteiger partial charge in [-0.05, 0) is 55.4 Å². The summed E-state index contributed by atoms with van der Waals surface area (Å²) >= 11 is 0. The molecule has 4 rings (SSSR count). The number of amides is 1. The van der Waals surface area contributed by atoms with Gasteiger partial charge in [0, 0.05) is 49.4 Å². The van der Waals surface area contributed by atoms with Crippen LogP contribution in [0.3, 0.4) is 0 Å². The fraction of sp³-hybridized carbons (Fsp3) is 0.400. The van der Waals surface area contributed by atoms with E-state index in [4.69, 9.17) is 0 Å². The van der Waals surface area contributed by atoms with Gasteiger partial charge in [0.25, 0.3) is 5.91 Å². The van der Waals surface area contributed by atoms with E-state index in [0.717, 1.165) is 31.2 Å². The third-order valence-corrected chi connectivity index (χ3v) is 5.41. The molecule has 0 unspecified atom stereocenters. The molecule has 1 saturated carbocycles. The normalized spacial score (nSPS) is 19.7. The maximum atomic E-state index is 12.1. The van der Waals surface area contributed by atoms with E-state index in [9.17, 15) is 4.79 Å². The predicted octanol–water partition coefficient (Wildman–Crippen LogP) is 2.91. The molecule has 0 saturated heterocycles. The van der Waals surface area contributed by atoms with Crippen molar-refractivity contribution in [2.24, 2.45) is 13.0 Å². The Morgan fingerprint density at radius 3 is 2.70 bits per heavy atom. The minimum atomic E-state index is -0.0914. The van der Waals surface area contributed by atoms with Gasteiger partial charge in [0.2, 0.25) is 0 Å². The van der Waals surface area contributed by atoms with Crippen LogP contribution in [0.15, 0.2) is 43.0 Å². The van der Waals surface area contributed by atoms with Crippen molar-refractivity contribution < 1.29 is 4.79 Å². The van der Waals surface area contributed by atoms with Crippen molar-refractivity contribution in [3.63, 3.8) is 0 Å². The summed E-state index contributed by atoms with van der Waals surface area (Å²) in [6, 6.07) is 5.78. The van der Waals surface area contributed by atoms with E-state index in [2.05, 4.69) is 25.6 Å². The van der Waals surface area contributed by atoms with Crippen LogP contribution in [0.1, 0.15) is 47.8 Å². The number of rotatable bonds is 5. The summed E-state index contributed by atoms with van der Waals surface area (Å²) in [4.78, 5) is 16.2. The summed E-state index contributed by atoms with van der Waals surface area (Å²) in [6.07, 6.45) is 11.7. The molecule has 0 aliphatic heterocycles. The largest absolute Gasteiger partial charge is 0.350 e. The number of carbonyl (C=O) groups excluding carboxylic acids is 1. The highest BCUT2D eigenvalue weighted by Gasteiger charge is 2.26. The highest BCUT2D eigenvalue weighted by Crippen LogP contribution is 2.38. The number of nitrogens with zero attached hydrogens (tertiary/aromatic N) is 4. The molecule has 0 atom stereocenters. The number of H-pyrrole nitrogens is 1. The van der Waals surface area contributed by atoms with Gasteiger partial charge in [-0.15, -0.1) is 0 Å². The van der Waals surface area contributed by atoms with Crippen LogP contribution in [-0.4, -0.2) is 37.4 Å². The van der Waals surface area contributed by atoms with E-state index < -0.39 is 0 Å². The smallest absolute Gasteiger partial charge is 0.271 e. The van der Waals surface area contributed by atoms with Crippen LogP contribution >= 0.6 is 0 Å². The lowest BCUT2D eigenvalue weighted by atomic mass is 9.79. The van der Waals surface area contributed by atoms with Crippen molar-refractivity contribution in [1.82, 2.24) is 30.3 Å². The molecule has 7 heteroatoms. The molecule has 1 fully saturated rings. The van der Waals surface area contributed by atoms with E-state index in [1.165, 1.54) is 11.3 Å². The third kappa shape index (κ3) is 3.92. The van der Waals surface area contributed by atoms with Gasteiger partial charge < -0.3 is 5.32 Å². The lowest BCUT2D eigenvalue weighted by Crippen LogP contribution is -2.31. The third-order valence-electron chi connectivity index (χ3n) is 5.41. The van der Waals surface area contributed by atoms with Gasteiger partial charge in [0.05, 0.1) is 6.20 Å². The Morgan fingerprint density at radius 2 is 2.00 bits per heavy atom. The van der Waals surface area contributed by atoms with Crippen LogP contribution in [0.4, 0.5) is 0 Å². The molecule has 7 nitrogen and oxygen atoms in total. The lowest BCUT2D eigenvalue weighted by Gasteiger charge is -2.28. The number of carbonyl (C=O) groups is 1. The van der Waals surface area contributed by atoms with Crippen molar-refractivity contribution >= 4 is 5.91 Å². The number of hydrogen-bond acceptors (Lipinski definition) is 4. The molecule has 2 N–H and O–H groups in total. The molecular formula is C20H24N6O. The first kappa shape index (κ1) is 17.5. The summed E-state index contributed by atoms with van der Waals surface area (Å²) in [5, 5.41) is 14.7. The summed E-state index contributed by atoms with van der Waals surface area (Å²) in [7, 11) is 1.81. The molecule has 3 aromatic rings. The van der Waals surface area contributed by atoms with Crippen molar-refractivity contribution in [3.05, 3.63) is 54.4 Å². The van der Waals surface area contributed by atoms with Gasteiger partial charge in [-0.25, -0.2) is 0 Å².